The zero-order valence-corrected chi connectivity index (χ0v) is 11.9. The Morgan fingerprint density at radius 3 is 2.06 bits per heavy atom. The van der Waals surface area contributed by atoms with Gasteiger partial charge in [0.15, 0.2) is 0 Å². The summed E-state index contributed by atoms with van der Waals surface area (Å²) < 4.78 is 2.82. The van der Waals surface area contributed by atoms with Crippen LogP contribution in [0.1, 0.15) is 61.4 Å². The van der Waals surface area contributed by atoms with Gasteiger partial charge in [-0.05, 0) is 42.6 Å². The molecule has 0 amide bonds. The smallest absolute Gasteiger partial charge is 0.338 e. The van der Waals surface area contributed by atoms with E-state index in [0.717, 1.165) is 15.9 Å². The Bertz CT molecular complexity index is 388. The average molecular weight is 288 g/mol. The molecule has 0 aromatic carbocycles. The minimum absolute atomic E-state index is 0.266. The lowest BCUT2D eigenvalue weighted by atomic mass is 10.1. The van der Waals surface area contributed by atoms with Gasteiger partial charge in [0, 0.05) is 17.4 Å². The third-order valence-corrected chi connectivity index (χ3v) is 3.51. The first kappa shape index (κ1) is 13.3. The van der Waals surface area contributed by atoms with E-state index in [1.165, 1.54) is 0 Å². The van der Waals surface area contributed by atoms with Crippen LogP contribution in [0.3, 0.4) is 0 Å². The highest BCUT2D eigenvalue weighted by atomic mass is 79.9. The van der Waals surface area contributed by atoms with Crippen LogP contribution in [0.5, 0.6) is 0 Å². The number of carboxylic acids is 1. The summed E-state index contributed by atoms with van der Waals surface area (Å²) >= 11 is 3.42. The van der Waals surface area contributed by atoms with Crippen LogP contribution in [0.2, 0.25) is 0 Å². The van der Waals surface area contributed by atoms with Gasteiger partial charge in [-0.2, -0.15) is 0 Å². The monoisotopic (exact) mass is 287 g/mol. The van der Waals surface area contributed by atoms with Gasteiger partial charge in [0.25, 0.3) is 0 Å². The fourth-order valence-electron chi connectivity index (χ4n) is 2.14. The van der Waals surface area contributed by atoms with E-state index in [2.05, 4.69) is 48.2 Å². The summed E-state index contributed by atoms with van der Waals surface area (Å²) in [7, 11) is 0. The maximum atomic E-state index is 11.2. The van der Waals surface area contributed by atoms with Crippen molar-refractivity contribution in [2.45, 2.75) is 46.6 Å². The number of hydrogen-bond acceptors (Lipinski definition) is 1. The summed E-state index contributed by atoms with van der Waals surface area (Å²) in [6.45, 7) is 10.1. The number of aromatic nitrogens is 1. The predicted octanol–water partition coefficient (Wildman–Crippen LogP) is 3.96. The Labute approximate surface area is 105 Å². The van der Waals surface area contributed by atoms with Gasteiger partial charge in [0.2, 0.25) is 0 Å². The Balaban J connectivity index is 3.59. The number of hydrogen-bond donors (Lipinski definition) is 1. The van der Waals surface area contributed by atoms with Crippen molar-refractivity contribution in [3.8, 4) is 0 Å². The summed E-state index contributed by atoms with van der Waals surface area (Å²) in [6, 6.07) is 0.266. The Hall–Kier alpha value is -0.770. The van der Waals surface area contributed by atoms with Crippen LogP contribution in [0.25, 0.3) is 0 Å². The zero-order chi connectivity index (χ0) is 12.6. The highest BCUT2D eigenvalue weighted by Crippen LogP contribution is 2.35. The normalized spacial score (nSPS) is 11.5. The second kappa shape index (κ2) is 4.62. The zero-order valence-electron chi connectivity index (χ0n) is 10.3. The van der Waals surface area contributed by atoms with Crippen LogP contribution >= 0.6 is 15.9 Å². The van der Waals surface area contributed by atoms with E-state index in [4.69, 9.17) is 0 Å². The lowest BCUT2D eigenvalue weighted by Crippen LogP contribution is -2.09. The minimum Gasteiger partial charge on any atom is -0.478 e. The predicted molar refractivity (Wildman–Crippen MR) is 68.3 cm³/mol. The molecule has 1 rings (SSSR count). The van der Waals surface area contributed by atoms with Gasteiger partial charge < -0.3 is 9.67 Å². The largest absolute Gasteiger partial charge is 0.478 e. The maximum Gasteiger partial charge on any atom is 0.338 e. The van der Waals surface area contributed by atoms with Crippen LogP contribution in [0.15, 0.2) is 4.47 Å². The highest BCUT2D eigenvalue weighted by Gasteiger charge is 2.25. The first-order chi connectivity index (χ1) is 7.29. The Morgan fingerprint density at radius 1 is 1.31 bits per heavy atom. The summed E-state index contributed by atoms with van der Waals surface area (Å²) in [4.78, 5) is 11.2. The van der Waals surface area contributed by atoms with Crippen molar-refractivity contribution in [1.29, 1.82) is 0 Å². The molecule has 1 heterocycles. The first-order valence-electron chi connectivity index (χ1n) is 5.42. The van der Waals surface area contributed by atoms with E-state index in [1.807, 2.05) is 6.92 Å². The molecule has 0 bridgehead atoms. The van der Waals surface area contributed by atoms with E-state index >= 15 is 0 Å². The molecule has 0 saturated heterocycles. The third-order valence-electron chi connectivity index (χ3n) is 2.70. The Kier molecular flexibility index (Phi) is 3.84. The molecule has 0 atom stereocenters. The SMILES string of the molecule is Cc1c(C(=O)O)c(Br)c(C(C)C)n1C(C)C. The summed E-state index contributed by atoms with van der Waals surface area (Å²) in [5.41, 5.74) is 2.26. The van der Waals surface area contributed by atoms with Gasteiger partial charge in [-0.1, -0.05) is 13.8 Å². The molecule has 4 heteroatoms. The van der Waals surface area contributed by atoms with Gasteiger partial charge in [0.1, 0.15) is 0 Å². The standard InChI is InChI=1S/C12H18BrNO2/c1-6(2)11-10(13)9(12(15)16)8(5)14(11)7(3)4/h6-7H,1-5H3,(H,15,16). The van der Waals surface area contributed by atoms with Crippen molar-refractivity contribution in [1.82, 2.24) is 4.57 Å². The van der Waals surface area contributed by atoms with Crippen LogP contribution < -0.4 is 0 Å². The Morgan fingerprint density at radius 2 is 1.81 bits per heavy atom. The van der Waals surface area contributed by atoms with E-state index in [1.54, 1.807) is 0 Å². The summed E-state index contributed by atoms with van der Waals surface area (Å²) in [5.74, 6) is -0.575. The molecule has 0 saturated carbocycles. The molecule has 16 heavy (non-hydrogen) atoms. The van der Waals surface area contributed by atoms with Gasteiger partial charge in [0.05, 0.1) is 10.0 Å². The lowest BCUT2D eigenvalue weighted by Gasteiger charge is -2.18. The summed E-state index contributed by atoms with van der Waals surface area (Å²) in [6.07, 6.45) is 0. The number of halogens is 1. The molecule has 1 aromatic rings. The second-order valence-corrected chi connectivity index (χ2v) is 5.38. The molecule has 0 spiro atoms. The van der Waals surface area contributed by atoms with E-state index in [0.29, 0.717) is 11.5 Å². The second-order valence-electron chi connectivity index (χ2n) is 4.58. The molecule has 0 radical (unpaired) electrons. The molecule has 1 aromatic heterocycles. The minimum atomic E-state index is -0.870. The van der Waals surface area contributed by atoms with E-state index in [-0.39, 0.29) is 6.04 Å². The molecule has 1 N–H and O–H groups in total. The van der Waals surface area contributed by atoms with Crippen LogP contribution in [0, 0.1) is 6.92 Å². The van der Waals surface area contributed by atoms with Gasteiger partial charge in [-0.15, -0.1) is 0 Å². The van der Waals surface area contributed by atoms with Crippen LogP contribution in [-0.4, -0.2) is 15.6 Å². The van der Waals surface area contributed by atoms with Crippen molar-refractivity contribution in [3.05, 3.63) is 21.4 Å². The first-order valence-corrected chi connectivity index (χ1v) is 6.21. The highest BCUT2D eigenvalue weighted by molar-refractivity contribution is 9.10. The molecule has 0 aliphatic heterocycles. The molecule has 3 nitrogen and oxygen atoms in total. The molecule has 0 aliphatic rings. The molecule has 0 fully saturated rings. The number of carbonyl (C=O) groups is 1. The average Bonchev–Trinajstić information content (AvgIpc) is 2.36. The number of rotatable bonds is 3. The fourth-order valence-corrected chi connectivity index (χ4v) is 3.24. The fraction of sp³-hybridized carbons (Fsp3) is 0.583. The van der Waals surface area contributed by atoms with Crippen molar-refractivity contribution >= 4 is 21.9 Å². The van der Waals surface area contributed by atoms with E-state index < -0.39 is 5.97 Å². The van der Waals surface area contributed by atoms with Crippen molar-refractivity contribution in [3.63, 3.8) is 0 Å². The van der Waals surface area contributed by atoms with Crippen LogP contribution in [0.4, 0.5) is 0 Å². The third kappa shape index (κ3) is 2.03. The molecular weight excluding hydrogens is 270 g/mol. The van der Waals surface area contributed by atoms with Gasteiger partial charge in [-0.25, -0.2) is 4.79 Å². The number of nitrogens with zero attached hydrogens (tertiary/aromatic N) is 1. The van der Waals surface area contributed by atoms with Crippen molar-refractivity contribution in [2.75, 3.05) is 0 Å². The topological polar surface area (TPSA) is 42.2 Å². The quantitative estimate of drug-likeness (QED) is 0.914. The molecular formula is C12H18BrNO2. The van der Waals surface area contributed by atoms with Crippen molar-refractivity contribution in [2.24, 2.45) is 0 Å². The lowest BCUT2D eigenvalue weighted by molar-refractivity contribution is 0.0695. The number of aromatic carboxylic acids is 1. The van der Waals surface area contributed by atoms with Gasteiger partial charge in [-0.3, -0.25) is 0 Å². The van der Waals surface area contributed by atoms with Crippen LogP contribution in [-0.2, 0) is 0 Å². The molecule has 0 aliphatic carbocycles. The van der Waals surface area contributed by atoms with Crippen molar-refractivity contribution < 1.29 is 9.90 Å². The molecule has 90 valence electrons. The molecule has 0 unspecified atom stereocenters. The van der Waals surface area contributed by atoms with Gasteiger partial charge >= 0.3 is 5.97 Å². The number of carboxylic acid groups (broad SMARTS) is 1. The maximum absolute atomic E-state index is 11.2. The van der Waals surface area contributed by atoms with E-state index in [9.17, 15) is 9.90 Å². The summed E-state index contributed by atoms with van der Waals surface area (Å²) in [5, 5.41) is 9.20.